The second-order valence-electron chi connectivity index (χ2n) is 2.79. The van der Waals surface area contributed by atoms with Crippen LogP contribution >= 0.6 is 11.3 Å². The summed E-state index contributed by atoms with van der Waals surface area (Å²) in [7, 11) is 0. The van der Waals surface area contributed by atoms with Gasteiger partial charge in [0.05, 0.1) is 5.39 Å². The lowest BCUT2D eigenvalue weighted by Gasteiger charge is -1.95. The summed E-state index contributed by atoms with van der Waals surface area (Å²) < 4.78 is 0. The SMILES string of the molecule is Cc1nc(N)c2cc(CN)sc2n1. The van der Waals surface area contributed by atoms with Crippen LogP contribution in [-0.2, 0) is 6.54 Å². The average Bonchev–Trinajstić information content (AvgIpc) is 2.47. The number of anilines is 1. The first-order valence-electron chi connectivity index (χ1n) is 3.93. The second-order valence-corrected chi connectivity index (χ2v) is 3.91. The van der Waals surface area contributed by atoms with Gasteiger partial charge in [0.25, 0.3) is 0 Å². The molecule has 13 heavy (non-hydrogen) atoms. The summed E-state index contributed by atoms with van der Waals surface area (Å²) in [6, 6.07) is 1.95. The molecule has 2 heterocycles. The summed E-state index contributed by atoms with van der Waals surface area (Å²) in [5.41, 5.74) is 11.3. The van der Waals surface area contributed by atoms with E-state index in [0.29, 0.717) is 18.2 Å². The molecule has 2 aromatic rings. The first-order valence-corrected chi connectivity index (χ1v) is 4.75. The van der Waals surface area contributed by atoms with Crippen molar-refractivity contribution in [2.45, 2.75) is 13.5 Å². The van der Waals surface area contributed by atoms with Gasteiger partial charge in [-0.05, 0) is 13.0 Å². The number of hydrogen-bond donors (Lipinski definition) is 2. The van der Waals surface area contributed by atoms with E-state index >= 15 is 0 Å². The van der Waals surface area contributed by atoms with Crippen molar-refractivity contribution in [1.82, 2.24) is 9.97 Å². The largest absolute Gasteiger partial charge is 0.383 e. The van der Waals surface area contributed by atoms with E-state index in [4.69, 9.17) is 11.5 Å². The van der Waals surface area contributed by atoms with E-state index in [1.54, 1.807) is 11.3 Å². The van der Waals surface area contributed by atoms with Gasteiger partial charge in [-0.15, -0.1) is 11.3 Å². The molecule has 0 fully saturated rings. The molecule has 0 aromatic carbocycles. The minimum absolute atomic E-state index is 0.527. The summed E-state index contributed by atoms with van der Waals surface area (Å²) in [4.78, 5) is 10.4. The van der Waals surface area contributed by atoms with Crippen LogP contribution in [0.15, 0.2) is 6.07 Å². The van der Waals surface area contributed by atoms with Crippen LogP contribution in [0.5, 0.6) is 0 Å². The Labute approximate surface area is 79.6 Å². The van der Waals surface area contributed by atoms with Crippen molar-refractivity contribution < 1.29 is 0 Å². The van der Waals surface area contributed by atoms with Crippen molar-refractivity contribution >= 4 is 27.4 Å². The first-order chi connectivity index (χ1) is 6.20. The molecule has 0 aliphatic rings. The molecule has 5 heteroatoms. The van der Waals surface area contributed by atoms with Crippen molar-refractivity contribution in [1.29, 1.82) is 0 Å². The molecular weight excluding hydrogens is 184 g/mol. The molecule has 68 valence electrons. The van der Waals surface area contributed by atoms with Crippen LogP contribution in [0.1, 0.15) is 10.7 Å². The van der Waals surface area contributed by atoms with Crippen LogP contribution < -0.4 is 11.5 Å². The summed E-state index contributed by atoms with van der Waals surface area (Å²) in [6.07, 6.45) is 0. The predicted octanol–water partition coefficient (Wildman–Crippen LogP) is 1.04. The summed E-state index contributed by atoms with van der Waals surface area (Å²) in [5.74, 6) is 1.24. The van der Waals surface area contributed by atoms with E-state index in [9.17, 15) is 0 Å². The molecule has 2 rings (SSSR count). The Bertz CT molecular complexity index is 449. The molecule has 0 radical (unpaired) electrons. The van der Waals surface area contributed by atoms with Gasteiger partial charge in [0, 0.05) is 11.4 Å². The molecule has 0 saturated heterocycles. The van der Waals surface area contributed by atoms with Gasteiger partial charge in [-0.3, -0.25) is 0 Å². The molecule has 2 aromatic heterocycles. The lowest BCUT2D eigenvalue weighted by atomic mass is 10.3. The zero-order chi connectivity index (χ0) is 9.42. The number of aryl methyl sites for hydroxylation is 1. The molecule has 0 saturated carbocycles. The number of rotatable bonds is 1. The molecular formula is C8H10N4S. The van der Waals surface area contributed by atoms with Crippen molar-refractivity contribution in [3.8, 4) is 0 Å². The van der Waals surface area contributed by atoms with Crippen molar-refractivity contribution in [3.05, 3.63) is 16.8 Å². The van der Waals surface area contributed by atoms with Gasteiger partial charge in [0.1, 0.15) is 16.5 Å². The molecule has 4 nitrogen and oxygen atoms in total. The van der Waals surface area contributed by atoms with E-state index in [0.717, 1.165) is 15.1 Å². The topological polar surface area (TPSA) is 77.8 Å². The Hall–Kier alpha value is -1.20. The van der Waals surface area contributed by atoms with Gasteiger partial charge >= 0.3 is 0 Å². The Morgan fingerprint density at radius 2 is 2.23 bits per heavy atom. The molecule has 4 N–H and O–H groups in total. The molecule has 0 unspecified atom stereocenters. The Morgan fingerprint density at radius 3 is 2.92 bits per heavy atom. The number of hydrogen-bond acceptors (Lipinski definition) is 5. The number of aromatic nitrogens is 2. The third kappa shape index (κ3) is 1.36. The van der Waals surface area contributed by atoms with Crippen molar-refractivity contribution in [2.75, 3.05) is 5.73 Å². The van der Waals surface area contributed by atoms with Crippen molar-refractivity contribution in [3.63, 3.8) is 0 Å². The molecule has 0 atom stereocenters. The third-order valence-corrected chi connectivity index (χ3v) is 2.84. The Kier molecular flexibility index (Phi) is 1.90. The number of thiophene rings is 1. The summed E-state index contributed by atoms with van der Waals surface area (Å²) in [5, 5.41) is 0.913. The van der Waals surface area contributed by atoms with E-state index in [2.05, 4.69) is 9.97 Å². The van der Waals surface area contributed by atoms with Crippen LogP contribution in [0.3, 0.4) is 0 Å². The maximum atomic E-state index is 5.74. The quantitative estimate of drug-likeness (QED) is 0.711. The van der Waals surface area contributed by atoms with Crippen LogP contribution in [0, 0.1) is 6.92 Å². The highest BCUT2D eigenvalue weighted by Crippen LogP contribution is 2.26. The van der Waals surface area contributed by atoms with E-state index in [1.165, 1.54) is 0 Å². The highest BCUT2D eigenvalue weighted by atomic mass is 32.1. The number of nitrogens with two attached hydrogens (primary N) is 2. The van der Waals surface area contributed by atoms with Crippen LogP contribution in [0.4, 0.5) is 5.82 Å². The number of fused-ring (bicyclic) bond motifs is 1. The van der Waals surface area contributed by atoms with Gasteiger partial charge in [0.2, 0.25) is 0 Å². The fraction of sp³-hybridized carbons (Fsp3) is 0.250. The van der Waals surface area contributed by atoms with Crippen LogP contribution in [-0.4, -0.2) is 9.97 Å². The standard InChI is InChI=1S/C8H10N4S/c1-4-11-7(10)6-2-5(3-9)13-8(6)12-4/h2H,3,9H2,1H3,(H2,10,11,12). The van der Waals surface area contributed by atoms with E-state index in [-0.39, 0.29) is 0 Å². The monoisotopic (exact) mass is 194 g/mol. The average molecular weight is 194 g/mol. The minimum atomic E-state index is 0.527. The van der Waals surface area contributed by atoms with Gasteiger partial charge in [0.15, 0.2) is 0 Å². The molecule has 0 amide bonds. The number of nitrogen functional groups attached to an aromatic ring is 1. The van der Waals surface area contributed by atoms with Gasteiger partial charge in [-0.25, -0.2) is 9.97 Å². The highest BCUT2D eigenvalue weighted by Gasteiger charge is 2.06. The summed E-state index contributed by atoms with van der Waals surface area (Å²) >= 11 is 1.57. The smallest absolute Gasteiger partial charge is 0.135 e. The number of nitrogens with zero attached hydrogens (tertiary/aromatic N) is 2. The lowest BCUT2D eigenvalue weighted by molar-refractivity contribution is 1.10. The van der Waals surface area contributed by atoms with E-state index in [1.807, 2.05) is 13.0 Å². The summed E-state index contributed by atoms with van der Waals surface area (Å²) in [6.45, 7) is 2.36. The fourth-order valence-corrected chi connectivity index (χ4v) is 2.16. The molecule has 0 bridgehead atoms. The van der Waals surface area contributed by atoms with Gasteiger partial charge in [-0.2, -0.15) is 0 Å². The Morgan fingerprint density at radius 1 is 1.46 bits per heavy atom. The third-order valence-electron chi connectivity index (χ3n) is 1.79. The minimum Gasteiger partial charge on any atom is -0.383 e. The zero-order valence-corrected chi connectivity index (χ0v) is 8.06. The van der Waals surface area contributed by atoms with Crippen LogP contribution in [0.2, 0.25) is 0 Å². The second kappa shape index (κ2) is 2.93. The normalized spacial score (nSPS) is 10.9. The zero-order valence-electron chi connectivity index (χ0n) is 7.24. The maximum Gasteiger partial charge on any atom is 0.135 e. The van der Waals surface area contributed by atoms with Gasteiger partial charge < -0.3 is 11.5 Å². The molecule has 0 spiro atoms. The fourth-order valence-electron chi connectivity index (χ4n) is 1.20. The molecule has 0 aliphatic heterocycles. The van der Waals surface area contributed by atoms with Crippen molar-refractivity contribution in [2.24, 2.45) is 5.73 Å². The first kappa shape index (κ1) is 8.40. The molecule has 0 aliphatic carbocycles. The predicted molar refractivity (Wildman–Crippen MR) is 54.5 cm³/mol. The van der Waals surface area contributed by atoms with Gasteiger partial charge in [-0.1, -0.05) is 0 Å². The lowest BCUT2D eigenvalue weighted by Crippen LogP contribution is -1.94. The van der Waals surface area contributed by atoms with E-state index < -0.39 is 0 Å². The maximum absolute atomic E-state index is 5.74. The highest BCUT2D eigenvalue weighted by molar-refractivity contribution is 7.18. The van der Waals surface area contributed by atoms with Crippen LogP contribution in [0.25, 0.3) is 10.2 Å². The Balaban J connectivity index is 2.75.